The third-order valence-corrected chi connectivity index (χ3v) is 5.71. The minimum Gasteiger partial charge on any atom is -0.310 e. The summed E-state index contributed by atoms with van der Waals surface area (Å²) >= 11 is 2.10. The van der Waals surface area contributed by atoms with Gasteiger partial charge in [-0.3, -0.25) is 0 Å². The molecule has 3 fully saturated rings. The zero-order chi connectivity index (χ0) is 11.0. The van der Waals surface area contributed by atoms with E-state index in [1.54, 1.807) is 0 Å². The number of nitrogens with one attached hydrogen (secondary N) is 1. The van der Waals surface area contributed by atoms with Crippen molar-refractivity contribution < 1.29 is 0 Å². The molecule has 16 heavy (non-hydrogen) atoms. The molecule has 0 radical (unpaired) electrons. The third-order valence-electron chi connectivity index (χ3n) is 4.31. The van der Waals surface area contributed by atoms with Crippen LogP contribution in [0.4, 0.5) is 0 Å². The van der Waals surface area contributed by atoms with Crippen LogP contribution in [0.15, 0.2) is 0 Å². The van der Waals surface area contributed by atoms with Crippen LogP contribution < -0.4 is 5.32 Å². The Labute approximate surface area is 104 Å². The summed E-state index contributed by atoms with van der Waals surface area (Å²) in [6, 6.07) is 1.67. The van der Waals surface area contributed by atoms with E-state index in [-0.39, 0.29) is 0 Å². The van der Waals surface area contributed by atoms with Crippen LogP contribution in [-0.2, 0) is 0 Å². The van der Waals surface area contributed by atoms with E-state index in [0.717, 1.165) is 12.1 Å². The molecule has 0 bridgehead atoms. The molecule has 1 atom stereocenters. The summed E-state index contributed by atoms with van der Waals surface area (Å²) in [5.74, 6) is 0. The first-order chi connectivity index (χ1) is 7.80. The molecule has 3 heteroatoms. The molecule has 2 nitrogen and oxygen atoms in total. The SMILES string of the molecule is CSC1(CN2CCCC(NC3CC3)C2)CC1. The van der Waals surface area contributed by atoms with Crippen molar-refractivity contribution in [3.8, 4) is 0 Å². The van der Waals surface area contributed by atoms with E-state index < -0.39 is 0 Å². The Balaban J connectivity index is 1.47. The van der Waals surface area contributed by atoms with Crippen molar-refractivity contribution in [2.75, 3.05) is 25.9 Å². The molecule has 92 valence electrons. The largest absolute Gasteiger partial charge is 0.310 e. The first-order valence-electron chi connectivity index (χ1n) is 6.83. The van der Waals surface area contributed by atoms with Crippen molar-refractivity contribution in [1.82, 2.24) is 10.2 Å². The molecule has 1 heterocycles. The van der Waals surface area contributed by atoms with Crippen LogP contribution in [0.5, 0.6) is 0 Å². The van der Waals surface area contributed by atoms with E-state index in [2.05, 4.69) is 28.2 Å². The maximum absolute atomic E-state index is 3.80. The Morgan fingerprint density at radius 1 is 1.25 bits per heavy atom. The third kappa shape index (κ3) is 2.74. The molecule has 0 aromatic heterocycles. The molecule has 0 aromatic carbocycles. The van der Waals surface area contributed by atoms with E-state index in [9.17, 15) is 0 Å². The smallest absolute Gasteiger partial charge is 0.0285 e. The number of hydrogen-bond acceptors (Lipinski definition) is 3. The molecule has 0 aromatic rings. The van der Waals surface area contributed by atoms with Gasteiger partial charge in [0.1, 0.15) is 0 Å². The minimum atomic E-state index is 0.654. The van der Waals surface area contributed by atoms with Gasteiger partial charge in [-0.1, -0.05) is 0 Å². The van der Waals surface area contributed by atoms with Gasteiger partial charge in [-0.05, 0) is 51.3 Å². The van der Waals surface area contributed by atoms with Crippen LogP contribution in [0.1, 0.15) is 38.5 Å². The van der Waals surface area contributed by atoms with Gasteiger partial charge in [0.05, 0.1) is 0 Å². The van der Waals surface area contributed by atoms with Crippen molar-refractivity contribution in [2.24, 2.45) is 0 Å². The summed E-state index contributed by atoms with van der Waals surface area (Å²) < 4.78 is 0.654. The lowest BCUT2D eigenvalue weighted by Gasteiger charge is -2.35. The quantitative estimate of drug-likeness (QED) is 0.792. The molecule has 3 rings (SSSR count). The second-order valence-corrected chi connectivity index (χ2v) is 7.18. The highest BCUT2D eigenvalue weighted by atomic mass is 32.2. The summed E-state index contributed by atoms with van der Waals surface area (Å²) in [7, 11) is 0. The Morgan fingerprint density at radius 3 is 2.69 bits per heavy atom. The molecule has 1 aliphatic heterocycles. The average molecular weight is 240 g/mol. The van der Waals surface area contributed by atoms with E-state index in [4.69, 9.17) is 0 Å². The molecule has 1 unspecified atom stereocenters. The summed E-state index contributed by atoms with van der Waals surface area (Å²) in [4.78, 5) is 2.72. The fraction of sp³-hybridized carbons (Fsp3) is 1.00. The number of rotatable bonds is 5. The highest BCUT2D eigenvalue weighted by Crippen LogP contribution is 2.47. The molecule has 0 amide bonds. The van der Waals surface area contributed by atoms with Gasteiger partial charge in [-0.25, -0.2) is 0 Å². The van der Waals surface area contributed by atoms with Gasteiger partial charge in [0, 0.05) is 29.9 Å². The van der Waals surface area contributed by atoms with E-state index >= 15 is 0 Å². The van der Waals surface area contributed by atoms with Gasteiger partial charge in [0.25, 0.3) is 0 Å². The number of nitrogens with zero attached hydrogens (tertiary/aromatic N) is 1. The Kier molecular flexibility index (Phi) is 3.20. The van der Waals surface area contributed by atoms with Crippen molar-refractivity contribution in [2.45, 2.75) is 55.4 Å². The number of hydrogen-bond donors (Lipinski definition) is 1. The molecule has 2 saturated carbocycles. The summed E-state index contributed by atoms with van der Waals surface area (Å²) in [5, 5.41) is 3.80. The summed E-state index contributed by atoms with van der Waals surface area (Å²) in [5.41, 5.74) is 0. The zero-order valence-corrected chi connectivity index (χ0v) is 11.2. The predicted molar refractivity (Wildman–Crippen MR) is 71.1 cm³/mol. The maximum Gasteiger partial charge on any atom is 0.0285 e. The molecule has 1 saturated heterocycles. The van der Waals surface area contributed by atoms with E-state index in [1.807, 2.05) is 0 Å². The monoisotopic (exact) mass is 240 g/mol. The molecule has 3 aliphatic rings. The fourth-order valence-electron chi connectivity index (χ4n) is 2.89. The number of piperidine rings is 1. The van der Waals surface area contributed by atoms with Crippen molar-refractivity contribution in [1.29, 1.82) is 0 Å². The highest BCUT2D eigenvalue weighted by molar-refractivity contribution is 8.00. The van der Waals surface area contributed by atoms with Crippen molar-refractivity contribution in [3.63, 3.8) is 0 Å². The Hall–Kier alpha value is 0.270. The topological polar surface area (TPSA) is 15.3 Å². The molecule has 2 aliphatic carbocycles. The Bertz CT molecular complexity index is 248. The second-order valence-electron chi connectivity index (χ2n) is 5.90. The summed E-state index contributed by atoms with van der Waals surface area (Å²) in [6.07, 6.45) is 10.8. The zero-order valence-electron chi connectivity index (χ0n) is 10.4. The first-order valence-corrected chi connectivity index (χ1v) is 8.06. The van der Waals surface area contributed by atoms with Gasteiger partial charge >= 0.3 is 0 Å². The van der Waals surface area contributed by atoms with E-state index in [0.29, 0.717) is 4.75 Å². The van der Waals surface area contributed by atoms with Crippen LogP contribution in [-0.4, -0.2) is 47.6 Å². The Morgan fingerprint density at radius 2 is 2.06 bits per heavy atom. The molecule has 1 N–H and O–H groups in total. The van der Waals surface area contributed by atoms with Gasteiger partial charge < -0.3 is 10.2 Å². The normalized spacial score (nSPS) is 33.9. The van der Waals surface area contributed by atoms with Gasteiger partial charge in [-0.2, -0.15) is 11.8 Å². The number of thioether (sulfide) groups is 1. The van der Waals surface area contributed by atoms with Crippen LogP contribution in [0.25, 0.3) is 0 Å². The summed E-state index contributed by atoms with van der Waals surface area (Å²) in [6.45, 7) is 3.99. The first kappa shape index (κ1) is 11.4. The lowest BCUT2D eigenvalue weighted by Crippen LogP contribution is -2.48. The van der Waals surface area contributed by atoms with Crippen LogP contribution >= 0.6 is 11.8 Å². The number of likely N-dealkylation sites (tertiary alicyclic amines) is 1. The van der Waals surface area contributed by atoms with Crippen LogP contribution in [0.2, 0.25) is 0 Å². The van der Waals surface area contributed by atoms with E-state index in [1.165, 1.54) is 58.2 Å². The van der Waals surface area contributed by atoms with Gasteiger partial charge in [-0.15, -0.1) is 0 Å². The lowest BCUT2D eigenvalue weighted by molar-refractivity contribution is 0.188. The predicted octanol–water partition coefficient (Wildman–Crippen LogP) is 2.10. The van der Waals surface area contributed by atoms with Crippen molar-refractivity contribution >= 4 is 11.8 Å². The standard InChI is InChI=1S/C13H24N2S/c1-16-13(6-7-13)10-15-8-2-3-12(9-15)14-11-4-5-11/h11-12,14H,2-10H2,1H3. The van der Waals surface area contributed by atoms with Crippen LogP contribution in [0, 0.1) is 0 Å². The molecular formula is C13H24N2S. The van der Waals surface area contributed by atoms with Crippen LogP contribution in [0.3, 0.4) is 0 Å². The maximum atomic E-state index is 3.80. The minimum absolute atomic E-state index is 0.654. The van der Waals surface area contributed by atoms with Gasteiger partial charge in [0.2, 0.25) is 0 Å². The van der Waals surface area contributed by atoms with Crippen molar-refractivity contribution in [3.05, 3.63) is 0 Å². The highest BCUT2D eigenvalue weighted by Gasteiger charge is 2.43. The second kappa shape index (κ2) is 4.51. The van der Waals surface area contributed by atoms with Gasteiger partial charge in [0.15, 0.2) is 0 Å². The molecule has 0 spiro atoms. The lowest BCUT2D eigenvalue weighted by atomic mass is 10.1. The fourth-order valence-corrected chi connectivity index (χ4v) is 3.71. The average Bonchev–Trinajstić information content (AvgIpc) is 3.16. The molecular weight excluding hydrogens is 216 g/mol.